The third kappa shape index (κ3) is 4.11. The van der Waals surface area contributed by atoms with Gasteiger partial charge in [-0.2, -0.15) is 0 Å². The van der Waals surface area contributed by atoms with Crippen molar-refractivity contribution < 1.29 is 24.2 Å². The van der Waals surface area contributed by atoms with Crippen LogP contribution in [0.15, 0.2) is 36.4 Å². The fourth-order valence-corrected chi connectivity index (χ4v) is 3.26. The minimum atomic E-state index is -0.957. The summed E-state index contributed by atoms with van der Waals surface area (Å²) in [5, 5.41) is 12.0. The van der Waals surface area contributed by atoms with Crippen molar-refractivity contribution in [2.75, 3.05) is 31.6 Å². The molecule has 26 heavy (non-hydrogen) atoms. The van der Waals surface area contributed by atoms with Gasteiger partial charge in [0.05, 0.1) is 25.0 Å². The number of carboxylic acid groups (broad SMARTS) is 1. The number of ether oxygens (including phenoxy) is 1. The Hall–Kier alpha value is -2.67. The summed E-state index contributed by atoms with van der Waals surface area (Å²) in [5.41, 5.74) is 1.10. The predicted octanol–water partition coefficient (Wildman–Crippen LogP) is 1.76. The quantitative estimate of drug-likeness (QED) is 0.800. The Morgan fingerprint density at radius 3 is 2.23 bits per heavy atom. The second-order valence-corrected chi connectivity index (χ2v) is 6.47. The molecule has 1 aliphatic carbocycles. The first kappa shape index (κ1) is 18.1. The minimum absolute atomic E-state index is 0.0606. The summed E-state index contributed by atoms with van der Waals surface area (Å²) in [7, 11) is 0. The number of hydrogen-bond donors (Lipinski definition) is 2. The number of anilines is 1. The van der Waals surface area contributed by atoms with Crippen LogP contribution in [-0.4, -0.2) is 54.1 Å². The van der Waals surface area contributed by atoms with Gasteiger partial charge in [0, 0.05) is 24.3 Å². The number of morpholine rings is 1. The highest BCUT2D eigenvalue weighted by atomic mass is 16.5. The molecule has 2 aliphatic rings. The lowest BCUT2D eigenvalue weighted by Gasteiger charge is -2.27. The Morgan fingerprint density at radius 2 is 1.62 bits per heavy atom. The van der Waals surface area contributed by atoms with E-state index in [-0.39, 0.29) is 11.8 Å². The maximum Gasteiger partial charge on any atom is 0.307 e. The fourth-order valence-electron chi connectivity index (χ4n) is 3.26. The van der Waals surface area contributed by atoms with Crippen molar-refractivity contribution in [2.24, 2.45) is 11.8 Å². The zero-order valence-electron chi connectivity index (χ0n) is 14.4. The molecule has 2 amide bonds. The van der Waals surface area contributed by atoms with Crippen molar-refractivity contribution in [2.45, 2.75) is 12.8 Å². The zero-order chi connectivity index (χ0) is 18.5. The molecule has 0 aromatic heterocycles. The van der Waals surface area contributed by atoms with Crippen molar-refractivity contribution >= 4 is 23.5 Å². The van der Waals surface area contributed by atoms with Crippen LogP contribution < -0.4 is 5.32 Å². The van der Waals surface area contributed by atoms with Crippen LogP contribution in [0.5, 0.6) is 0 Å². The lowest BCUT2D eigenvalue weighted by Crippen LogP contribution is -2.40. The average Bonchev–Trinajstić information content (AvgIpc) is 2.68. The molecular weight excluding hydrogens is 336 g/mol. The van der Waals surface area contributed by atoms with E-state index in [0.717, 1.165) is 0 Å². The van der Waals surface area contributed by atoms with E-state index in [0.29, 0.717) is 50.4 Å². The van der Waals surface area contributed by atoms with E-state index in [1.165, 1.54) is 0 Å². The first-order valence-electron chi connectivity index (χ1n) is 8.72. The Labute approximate surface area is 151 Å². The van der Waals surface area contributed by atoms with Crippen molar-refractivity contribution in [3.05, 3.63) is 42.0 Å². The molecule has 138 valence electrons. The van der Waals surface area contributed by atoms with Gasteiger partial charge in [0.1, 0.15) is 0 Å². The smallest absolute Gasteiger partial charge is 0.307 e. The van der Waals surface area contributed by atoms with E-state index in [2.05, 4.69) is 5.32 Å². The predicted molar refractivity (Wildman–Crippen MR) is 94.8 cm³/mol. The van der Waals surface area contributed by atoms with Crippen LogP contribution >= 0.6 is 0 Å². The van der Waals surface area contributed by atoms with E-state index in [9.17, 15) is 19.5 Å². The van der Waals surface area contributed by atoms with Crippen LogP contribution in [0.2, 0.25) is 0 Å². The van der Waals surface area contributed by atoms with Gasteiger partial charge in [-0.1, -0.05) is 12.2 Å². The summed E-state index contributed by atoms with van der Waals surface area (Å²) in [5.74, 6) is -2.63. The molecule has 2 unspecified atom stereocenters. The van der Waals surface area contributed by atoms with Crippen molar-refractivity contribution in [1.82, 2.24) is 4.90 Å². The van der Waals surface area contributed by atoms with E-state index >= 15 is 0 Å². The van der Waals surface area contributed by atoms with E-state index < -0.39 is 17.8 Å². The van der Waals surface area contributed by atoms with Crippen molar-refractivity contribution in [3.8, 4) is 0 Å². The first-order chi connectivity index (χ1) is 12.6. The summed E-state index contributed by atoms with van der Waals surface area (Å²) in [4.78, 5) is 37.9. The molecule has 7 nitrogen and oxygen atoms in total. The molecule has 1 aliphatic heterocycles. The monoisotopic (exact) mass is 358 g/mol. The third-order valence-electron chi connectivity index (χ3n) is 4.78. The molecule has 0 bridgehead atoms. The highest BCUT2D eigenvalue weighted by Crippen LogP contribution is 2.27. The Kier molecular flexibility index (Phi) is 5.68. The molecule has 0 spiro atoms. The van der Waals surface area contributed by atoms with E-state index in [1.54, 1.807) is 35.2 Å². The molecule has 1 fully saturated rings. The van der Waals surface area contributed by atoms with Gasteiger partial charge in [-0.15, -0.1) is 0 Å². The maximum absolute atomic E-state index is 12.5. The SMILES string of the molecule is O=C(O)C1CC=CCC1C(=O)Nc1ccc(C(=O)N2CCOCC2)cc1. The summed E-state index contributed by atoms with van der Waals surface area (Å²) in [6, 6.07) is 6.67. The molecule has 2 N–H and O–H groups in total. The van der Waals surface area contributed by atoms with Gasteiger partial charge in [-0.05, 0) is 37.1 Å². The number of carbonyl (C=O) groups is 3. The highest BCUT2D eigenvalue weighted by molar-refractivity contribution is 5.97. The van der Waals surface area contributed by atoms with Gasteiger partial charge >= 0.3 is 5.97 Å². The minimum Gasteiger partial charge on any atom is -0.481 e. The summed E-state index contributed by atoms with van der Waals surface area (Å²) >= 11 is 0. The van der Waals surface area contributed by atoms with Gasteiger partial charge in [-0.3, -0.25) is 14.4 Å². The molecule has 1 aromatic carbocycles. The number of benzene rings is 1. The maximum atomic E-state index is 12.5. The van der Waals surface area contributed by atoms with Gasteiger partial charge in [0.15, 0.2) is 0 Å². The second kappa shape index (κ2) is 8.14. The van der Waals surface area contributed by atoms with Crippen LogP contribution in [-0.2, 0) is 14.3 Å². The number of rotatable bonds is 4. The number of carbonyl (C=O) groups excluding carboxylic acids is 2. The topological polar surface area (TPSA) is 95.9 Å². The van der Waals surface area contributed by atoms with Gasteiger partial charge in [-0.25, -0.2) is 0 Å². The molecule has 7 heteroatoms. The number of allylic oxidation sites excluding steroid dienone is 2. The molecule has 1 aromatic rings. The number of carboxylic acids is 1. The zero-order valence-corrected chi connectivity index (χ0v) is 14.4. The van der Waals surface area contributed by atoms with Crippen LogP contribution in [0.4, 0.5) is 5.69 Å². The molecule has 1 heterocycles. The molecule has 0 saturated carbocycles. The Bertz CT molecular complexity index is 707. The Balaban J connectivity index is 1.63. The highest BCUT2D eigenvalue weighted by Gasteiger charge is 2.34. The normalized spacial score (nSPS) is 22.7. The summed E-state index contributed by atoms with van der Waals surface area (Å²) in [6.07, 6.45) is 4.42. The van der Waals surface area contributed by atoms with Crippen LogP contribution in [0.1, 0.15) is 23.2 Å². The number of aliphatic carboxylic acids is 1. The van der Waals surface area contributed by atoms with Crippen molar-refractivity contribution in [3.63, 3.8) is 0 Å². The average molecular weight is 358 g/mol. The lowest BCUT2D eigenvalue weighted by molar-refractivity contribution is -0.146. The standard InChI is InChI=1S/C19H22N2O5/c22-17(15-3-1-2-4-16(15)19(24)25)20-14-7-5-13(6-8-14)18(23)21-9-11-26-12-10-21/h1-2,5-8,15-16H,3-4,9-12H2,(H,20,22)(H,24,25). The number of nitrogens with one attached hydrogen (secondary N) is 1. The number of nitrogens with zero attached hydrogens (tertiary/aromatic N) is 1. The molecule has 0 radical (unpaired) electrons. The number of amides is 2. The third-order valence-corrected chi connectivity index (χ3v) is 4.78. The Morgan fingerprint density at radius 1 is 1.00 bits per heavy atom. The van der Waals surface area contributed by atoms with Crippen LogP contribution in [0, 0.1) is 11.8 Å². The lowest BCUT2D eigenvalue weighted by atomic mass is 9.82. The summed E-state index contributed by atoms with van der Waals surface area (Å²) in [6.45, 7) is 2.23. The number of hydrogen-bond acceptors (Lipinski definition) is 4. The fraction of sp³-hybridized carbons (Fsp3) is 0.421. The van der Waals surface area contributed by atoms with Crippen molar-refractivity contribution in [1.29, 1.82) is 0 Å². The van der Waals surface area contributed by atoms with Gasteiger partial charge in [0.25, 0.3) is 5.91 Å². The second-order valence-electron chi connectivity index (χ2n) is 6.47. The molecule has 1 saturated heterocycles. The molecule has 3 rings (SSSR count). The van der Waals surface area contributed by atoms with Gasteiger partial charge < -0.3 is 20.1 Å². The molecular formula is C19H22N2O5. The molecule has 2 atom stereocenters. The van der Waals surface area contributed by atoms with Crippen LogP contribution in [0.25, 0.3) is 0 Å². The van der Waals surface area contributed by atoms with E-state index in [4.69, 9.17) is 4.74 Å². The summed E-state index contributed by atoms with van der Waals surface area (Å²) < 4.78 is 5.24. The largest absolute Gasteiger partial charge is 0.481 e. The van der Waals surface area contributed by atoms with E-state index in [1.807, 2.05) is 6.08 Å². The van der Waals surface area contributed by atoms with Gasteiger partial charge in [0.2, 0.25) is 5.91 Å². The first-order valence-corrected chi connectivity index (χ1v) is 8.72. The van der Waals surface area contributed by atoms with Crippen LogP contribution in [0.3, 0.4) is 0 Å².